The Morgan fingerprint density at radius 3 is 2.38 bits per heavy atom. The van der Waals surface area contributed by atoms with Gasteiger partial charge in [0.25, 0.3) is 0 Å². The Morgan fingerprint density at radius 2 is 1.72 bits per heavy atom. The molecule has 2 atom stereocenters. The summed E-state index contributed by atoms with van der Waals surface area (Å²) in [5.74, 6) is 1.60. The second-order valence-corrected chi connectivity index (χ2v) is 10.5. The minimum Gasteiger partial charge on any atom is -0.373 e. The monoisotopic (exact) mass is 535 g/mol. The standard InChI is InChI=1S/C30H32F3N5O/c1-18(2)21-7-10-23(11-8-21)35-29-24-12-9-22(28-25(30(31,32)33)6-5-13-34-28)14-26(24)36-27(37-29)17-38-15-19(3)39-20(4)16-38/h5-14,18-20H,15-17H2,1-4H3,(H,35,36,37). The molecule has 204 valence electrons. The summed E-state index contributed by atoms with van der Waals surface area (Å²) in [6, 6.07) is 15.6. The van der Waals surface area contributed by atoms with E-state index < -0.39 is 11.7 Å². The third kappa shape index (κ3) is 6.20. The van der Waals surface area contributed by atoms with E-state index in [0.29, 0.717) is 40.6 Å². The zero-order valence-electron chi connectivity index (χ0n) is 22.5. The molecule has 0 aliphatic carbocycles. The van der Waals surface area contributed by atoms with Crippen LogP contribution >= 0.6 is 0 Å². The van der Waals surface area contributed by atoms with Gasteiger partial charge in [0.05, 0.1) is 35.5 Å². The second-order valence-electron chi connectivity index (χ2n) is 10.5. The lowest BCUT2D eigenvalue weighted by molar-refractivity contribution is -0.137. The van der Waals surface area contributed by atoms with Crippen LogP contribution in [-0.2, 0) is 17.5 Å². The quantitative estimate of drug-likeness (QED) is 0.282. The van der Waals surface area contributed by atoms with Crippen LogP contribution in [0, 0.1) is 0 Å². The maximum absolute atomic E-state index is 13.7. The molecule has 4 aromatic rings. The van der Waals surface area contributed by atoms with E-state index in [2.05, 4.69) is 41.2 Å². The summed E-state index contributed by atoms with van der Waals surface area (Å²) in [5.41, 5.74) is 2.09. The smallest absolute Gasteiger partial charge is 0.373 e. The van der Waals surface area contributed by atoms with Gasteiger partial charge >= 0.3 is 6.18 Å². The van der Waals surface area contributed by atoms with Crippen LogP contribution in [0.4, 0.5) is 24.7 Å². The molecule has 0 amide bonds. The predicted octanol–water partition coefficient (Wildman–Crippen LogP) is 7.19. The van der Waals surface area contributed by atoms with Crippen LogP contribution in [-0.4, -0.2) is 45.1 Å². The number of benzene rings is 2. The van der Waals surface area contributed by atoms with Crippen LogP contribution in [0.5, 0.6) is 0 Å². The van der Waals surface area contributed by atoms with Gasteiger partial charge in [-0.3, -0.25) is 9.88 Å². The molecular formula is C30H32F3N5O. The number of morpholine rings is 1. The number of fused-ring (bicyclic) bond motifs is 1. The molecule has 1 N–H and O–H groups in total. The van der Waals surface area contributed by atoms with Crippen molar-refractivity contribution >= 4 is 22.4 Å². The number of hydrogen-bond acceptors (Lipinski definition) is 6. The topological polar surface area (TPSA) is 63.2 Å². The molecular weight excluding hydrogens is 503 g/mol. The zero-order valence-corrected chi connectivity index (χ0v) is 22.5. The highest BCUT2D eigenvalue weighted by molar-refractivity contribution is 5.93. The summed E-state index contributed by atoms with van der Waals surface area (Å²) < 4.78 is 47.1. The summed E-state index contributed by atoms with van der Waals surface area (Å²) in [6.45, 7) is 10.3. The third-order valence-electron chi connectivity index (χ3n) is 6.83. The van der Waals surface area contributed by atoms with Crippen molar-refractivity contribution in [1.82, 2.24) is 19.9 Å². The van der Waals surface area contributed by atoms with Crippen LogP contribution in [0.1, 0.15) is 50.6 Å². The molecule has 0 bridgehead atoms. The molecule has 1 aliphatic heterocycles. The number of aromatic nitrogens is 3. The number of pyridine rings is 1. The van der Waals surface area contributed by atoms with Gasteiger partial charge in [-0.05, 0) is 61.7 Å². The highest BCUT2D eigenvalue weighted by atomic mass is 19.4. The fourth-order valence-corrected chi connectivity index (χ4v) is 5.06. The summed E-state index contributed by atoms with van der Waals surface area (Å²) in [7, 11) is 0. The minimum atomic E-state index is -4.52. The van der Waals surface area contributed by atoms with Gasteiger partial charge in [0.2, 0.25) is 0 Å². The highest BCUT2D eigenvalue weighted by Crippen LogP contribution is 2.37. The van der Waals surface area contributed by atoms with E-state index in [4.69, 9.17) is 14.7 Å². The van der Waals surface area contributed by atoms with Gasteiger partial charge < -0.3 is 10.1 Å². The molecule has 1 fully saturated rings. The van der Waals surface area contributed by atoms with Gasteiger partial charge in [0.1, 0.15) is 11.6 Å². The van der Waals surface area contributed by atoms with Crippen LogP contribution < -0.4 is 5.32 Å². The molecule has 0 spiro atoms. The molecule has 6 nitrogen and oxygen atoms in total. The van der Waals surface area contributed by atoms with Crippen molar-refractivity contribution in [3.8, 4) is 11.3 Å². The first-order valence-electron chi connectivity index (χ1n) is 13.1. The fraction of sp³-hybridized carbons (Fsp3) is 0.367. The van der Waals surface area contributed by atoms with E-state index in [-0.39, 0.29) is 17.9 Å². The summed E-state index contributed by atoms with van der Waals surface area (Å²) >= 11 is 0. The summed E-state index contributed by atoms with van der Waals surface area (Å²) in [4.78, 5) is 16.0. The third-order valence-corrected chi connectivity index (χ3v) is 6.83. The lowest BCUT2D eigenvalue weighted by Crippen LogP contribution is -2.45. The Hall–Kier alpha value is -3.56. The van der Waals surface area contributed by atoms with Gasteiger partial charge in [-0.2, -0.15) is 13.2 Å². The fourth-order valence-electron chi connectivity index (χ4n) is 5.06. The van der Waals surface area contributed by atoms with Crippen molar-refractivity contribution in [3.05, 3.63) is 77.7 Å². The van der Waals surface area contributed by atoms with E-state index in [9.17, 15) is 13.2 Å². The van der Waals surface area contributed by atoms with Gasteiger partial charge in [-0.15, -0.1) is 0 Å². The Morgan fingerprint density at radius 1 is 1.00 bits per heavy atom. The predicted molar refractivity (Wildman–Crippen MR) is 147 cm³/mol. The van der Waals surface area contributed by atoms with Crippen LogP contribution in [0.15, 0.2) is 60.8 Å². The first-order chi connectivity index (χ1) is 18.6. The molecule has 1 saturated heterocycles. The van der Waals surface area contributed by atoms with Gasteiger partial charge in [-0.1, -0.05) is 32.0 Å². The molecule has 0 saturated carbocycles. The van der Waals surface area contributed by atoms with Gasteiger partial charge in [-0.25, -0.2) is 9.97 Å². The molecule has 39 heavy (non-hydrogen) atoms. The van der Waals surface area contributed by atoms with E-state index in [1.807, 2.05) is 26.0 Å². The Balaban J connectivity index is 1.57. The molecule has 5 rings (SSSR count). The Kier molecular flexibility index (Phi) is 7.55. The molecule has 2 aromatic carbocycles. The average Bonchev–Trinajstić information content (AvgIpc) is 2.87. The van der Waals surface area contributed by atoms with Crippen molar-refractivity contribution < 1.29 is 17.9 Å². The van der Waals surface area contributed by atoms with Crippen LogP contribution in [0.25, 0.3) is 22.2 Å². The lowest BCUT2D eigenvalue weighted by atomic mass is 10.0. The number of hydrogen-bond donors (Lipinski definition) is 1. The van der Waals surface area contributed by atoms with Crippen molar-refractivity contribution in [1.29, 1.82) is 0 Å². The Bertz CT molecular complexity index is 1450. The van der Waals surface area contributed by atoms with Crippen molar-refractivity contribution in [2.75, 3.05) is 18.4 Å². The largest absolute Gasteiger partial charge is 0.418 e. The number of nitrogens with zero attached hydrogens (tertiary/aromatic N) is 4. The van der Waals surface area contributed by atoms with Crippen molar-refractivity contribution in [2.24, 2.45) is 0 Å². The summed E-state index contributed by atoms with van der Waals surface area (Å²) in [5, 5.41) is 4.12. The summed E-state index contributed by atoms with van der Waals surface area (Å²) in [6.07, 6.45) is -2.98. The number of ether oxygens (including phenoxy) is 1. The molecule has 3 heterocycles. The number of anilines is 2. The molecule has 2 aromatic heterocycles. The minimum absolute atomic E-state index is 0.0859. The Labute approximate surface area is 226 Å². The second kappa shape index (κ2) is 10.9. The zero-order chi connectivity index (χ0) is 27.7. The molecule has 2 unspecified atom stereocenters. The average molecular weight is 536 g/mol. The van der Waals surface area contributed by atoms with E-state index in [1.165, 1.54) is 17.8 Å². The SMILES string of the molecule is CC1CN(Cc2nc(Nc3ccc(C(C)C)cc3)c3ccc(-c4ncccc4C(F)(F)F)cc3n2)CC(C)O1. The van der Waals surface area contributed by atoms with Crippen LogP contribution in [0.2, 0.25) is 0 Å². The normalized spacial score (nSPS) is 18.6. The van der Waals surface area contributed by atoms with E-state index in [1.54, 1.807) is 18.2 Å². The van der Waals surface area contributed by atoms with Crippen molar-refractivity contribution in [2.45, 2.75) is 58.5 Å². The molecule has 1 aliphatic rings. The number of halogens is 3. The maximum Gasteiger partial charge on any atom is 0.418 e. The van der Waals surface area contributed by atoms with Gasteiger partial charge in [0.15, 0.2) is 0 Å². The van der Waals surface area contributed by atoms with Crippen LogP contribution in [0.3, 0.4) is 0 Å². The first kappa shape index (κ1) is 27.0. The van der Waals surface area contributed by atoms with Gasteiger partial charge in [0, 0.05) is 35.9 Å². The molecule has 0 radical (unpaired) electrons. The number of alkyl halides is 3. The molecule has 9 heteroatoms. The van der Waals surface area contributed by atoms with E-state index >= 15 is 0 Å². The van der Waals surface area contributed by atoms with E-state index in [0.717, 1.165) is 24.8 Å². The lowest BCUT2D eigenvalue weighted by Gasteiger charge is -2.34. The highest BCUT2D eigenvalue weighted by Gasteiger charge is 2.34. The first-order valence-corrected chi connectivity index (χ1v) is 13.1. The maximum atomic E-state index is 13.7. The van der Waals surface area contributed by atoms with Crippen molar-refractivity contribution in [3.63, 3.8) is 0 Å². The number of rotatable bonds is 6. The number of nitrogens with one attached hydrogen (secondary N) is 1.